The summed E-state index contributed by atoms with van der Waals surface area (Å²) < 4.78 is 17.7. The molecular formula is C24H32Cl2O4. The lowest BCUT2D eigenvalue weighted by Gasteiger charge is -2.26. The van der Waals surface area contributed by atoms with Gasteiger partial charge in [-0.1, -0.05) is 55.7 Å². The average molecular weight is 455 g/mol. The lowest BCUT2D eigenvalue weighted by molar-refractivity contribution is -0.139. The van der Waals surface area contributed by atoms with Crippen molar-refractivity contribution < 1.29 is 19.3 Å². The van der Waals surface area contributed by atoms with Crippen LogP contribution in [0, 0.1) is 11.8 Å². The first-order valence-corrected chi connectivity index (χ1v) is 11.7. The SMILES string of the molecule is CCCC/C=C/CC1C(O)CC(Cl)C1/C=C/C1(COc2cccc(Cl)c2)OCCO1. The predicted molar refractivity (Wildman–Crippen MR) is 121 cm³/mol. The van der Waals surface area contributed by atoms with Crippen LogP contribution in [-0.2, 0) is 9.47 Å². The van der Waals surface area contributed by atoms with E-state index in [9.17, 15) is 5.11 Å². The standard InChI is InChI=1S/C24H32Cl2O4/c1-2-3-4-5-6-10-21-20(22(26)16-23(21)27)11-12-24(29-13-14-30-24)17-28-19-9-7-8-18(25)15-19/h5-9,11-12,15,20-23,27H,2-4,10,13-14,16-17H2,1H3/b6-5+,12-11+. The van der Waals surface area contributed by atoms with E-state index in [0.717, 1.165) is 12.8 Å². The van der Waals surface area contributed by atoms with E-state index < -0.39 is 11.9 Å². The minimum absolute atomic E-state index is 0.0494. The molecule has 0 amide bonds. The highest BCUT2D eigenvalue weighted by molar-refractivity contribution is 6.30. The molecule has 0 bridgehead atoms. The van der Waals surface area contributed by atoms with Gasteiger partial charge in [0.1, 0.15) is 12.4 Å². The summed E-state index contributed by atoms with van der Waals surface area (Å²) in [6.45, 7) is 3.41. The molecule has 6 heteroatoms. The summed E-state index contributed by atoms with van der Waals surface area (Å²) in [5.41, 5.74) is 0. The number of rotatable bonds is 10. The Morgan fingerprint density at radius 3 is 2.80 bits per heavy atom. The van der Waals surface area contributed by atoms with Crippen molar-refractivity contribution in [2.75, 3.05) is 19.8 Å². The smallest absolute Gasteiger partial charge is 0.223 e. The van der Waals surface area contributed by atoms with E-state index in [1.54, 1.807) is 12.1 Å². The molecule has 0 radical (unpaired) electrons. The van der Waals surface area contributed by atoms with E-state index in [4.69, 9.17) is 37.4 Å². The van der Waals surface area contributed by atoms with Crippen molar-refractivity contribution in [2.45, 2.75) is 56.3 Å². The van der Waals surface area contributed by atoms with Gasteiger partial charge in [-0.25, -0.2) is 0 Å². The number of aliphatic hydroxyl groups excluding tert-OH is 1. The van der Waals surface area contributed by atoms with Gasteiger partial charge >= 0.3 is 0 Å². The molecule has 1 aromatic carbocycles. The van der Waals surface area contributed by atoms with E-state index in [0.29, 0.717) is 30.4 Å². The quantitative estimate of drug-likeness (QED) is 0.277. The van der Waals surface area contributed by atoms with Crippen LogP contribution in [0.5, 0.6) is 5.75 Å². The molecule has 2 aliphatic rings. The first-order valence-electron chi connectivity index (χ1n) is 10.9. The zero-order chi connectivity index (χ0) is 21.4. The molecule has 4 nitrogen and oxygen atoms in total. The maximum Gasteiger partial charge on any atom is 0.223 e. The molecule has 1 saturated carbocycles. The van der Waals surface area contributed by atoms with Gasteiger partial charge in [-0.3, -0.25) is 0 Å². The van der Waals surface area contributed by atoms with E-state index >= 15 is 0 Å². The summed E-state index contributed by atoms with van der Waals surface area (Å²) in [7, 11) is 0. The molecule has 30 heavy (non-hydrogen) atoms. The zero-order valence-corrected chi connectivity index (χ0v) is 19.0. The molecule has 1 aliphatic carbocycles. The number of halogens is 2. The van der Waals surface area contributed by atoms with Crippen molar-refractivity contribution in [1.29, 1.82) is 0 Å². The molecular weight excluding hydrogens is 423 g/mol. The maximum atomic E-state index is 10.5. The first-order chi connectivity index (χ1) is 14.5. The van der Waals surface area contributed by atoms with Crippen molar-refractivity contribution >= 4 is 23.2 Å². The van der Waals surface area contributed by atoms with Crippen LogP contribution in [0.4, 0.5) is 0 Å². The van der Waals surface area contributed by atoms with Gasteiger partial charge in [0.15, 0.2) is 0 Å². The molecule has 1 saturated heterocycles. The van der Waals surface area contributed by atoms with Crippen molar-refractivity contribution in [2.24, 2.45) is 11.8 Å². The molecule has 4 unspecified atom stereocenters. The Hall–Kier alpha value is -1.04. The van der Waals surface area contributed by atoms with Crippen molar-refractivity contribution in [3.8, 4) is 5.75 Å². The van der Waals surface area contributed by atoms with Gasteiger partial charge in [-0.15, -0.1) is 11.6 Å². The lowest BCUT2D eigenvalue weighted by atomic mass is 9.90. The summed E-state index contributed by atoms with van der Waals surface area (Å²) >= 11 is 12.6. The molecule has 4 atom stereocenters. The lowest BCUT2D eigenvalue weighted by Crippen LogP contribution is -2.35. The number of alkyl halides is 1. The predicted octanol–water partition coefficient (Wildman–Crippen LogP) is 5.76. The van der Waals surface area contributed by atoms with Crippen LogP contribution < -0.4 is 4.74 Å². The second-order valence-corrected chi connectivity index (χ2v) is 9.02. The monoisotopic (exact) mass is 454 g/mol. The number of aliphatic hydroxyl groups is 1. The summed E-state index contributed by atoms with van der Waals surface area (Å²) in [4.78, 5) is 0. The van der Waals surface area contributed by atoms with Gasteiger partial charge in [-0.05, 0) is 55.4 Å². The summed E-state index contributed by atoms with van der Waals surface area (Å²) in [5.74, 6) is -0.146. The number of hydrogen-bond acceptors (Lipinski definition) is 4. The fraction of sp³-hybridized carbons (Fsp3) is 0.583. The first kappa shape index (κ1) is 23.6. The zero-order valence-electron chi connectivity index (χ0n) is 17.5. The molecule has 3 rings (SSSR count). The Morgan fingerprint density at radius 1 is 1.27 bits per heavy atom. The molecule has 166 valence electrons. The summed E-state index contributed by atoms with van der Waals surface area (Å²) in [5, 5.41) is 11.0. The maximum absolute atomic E-state index is 10.5. The highest BCUT2D eigenvalue weighted by Crippen LogP contribution is 2.40. The van der Waals surface area contributed by atoms with Gasteiger partial charge < -0.3 is 19.3 Å². The third-order valence-electron chi connectivity index (χ3n) is 5.76. The Kier molecular flexibility index (Phi) is 9.09. The minimum Gasteiger partial charge on any atom is -0.488 e. The topological polar surface area (TPSA) is 47.9 Å². The molecule has 1 aromatic rings. The van der Waals surface area contributed by atoms with Gasteiger partial charge in [0, 0.05) is 10.4 Å². The van der Waals surface area contributed by atoms with E-state index in [-0.39, 0.29) is 23.8 Å². The van der Waals surface area contributed by atoms with Gasteiger partial charge in [0.2, 0.25) is 5.79 Å². The molecule has 0 aromatic heterocycles. The number of allylic oxidation sites excluding steroid dienone is 3. The van der Waals surface area contributed by atoms with Crippen LogP contribution in [-0.4, -0.2) is 42.2 Å². The Bertz CT molecular complexity index is 715. The second-order valence-electron chi connectivity index (χ2n) is 8.02. The van der Waals surface area contributed by atoms with Crippen molar-refractivity contribution in [3.63, 3.8) is 0 Å². The van der Waals surface area contributed by atoms with Gasteiger partial charge in [0.05, 0.1) is 19.3 Å². The highest BCUT2D eigenvalue weighted by atomic mass is 35.5. The fourth-order valence-corrected chi connectivity index (χ4v) is 4.69. The Balaban J connectivity index is 1.65. The van der Waals surface area contributed by atoms with Crippen LogP contribution in [0.25, 0.3) is 0 Å². The fourth-order valence-electron chi connectivity index (χ4n) is 4.05. The average Bonchev–Trinajstić information content (AvgIpc) is 3.29. The Morgan fingerprint density at radius 2 is 2.07 bits per heavy atom. The minimum atomic E-state index is -0.950. The van der Waals surface area contributed by atoms with Gasteiger partial charge in [-0.2, -0.15) is 0 Å². The third-order valence-corrected chi connectivity index (χ3v) is 6.46. The Labute approximate surface area is 189 Å². The number of benzene rings is 1. The molecule has 1 heterocycles. The second kappa shape index (κ2) is 11.5. The number of unbranched alkanes of at least 4 members (excludes halogenated alkanes) is 2. The highest BCUT2D eigenvalue weighted by Gasteiger charge is 2.41. The summed E-state index contributed by atoms with van der Waals surface area (Å²) in [6.07, 6.45) is 12.8. The van der Waals surface area contributed by atoms with Crippen molar-refractivity contribution in [3.05, 3.63) is 53.6 Å². The van der Waals surface area contributed by atoms with E-state index in [1.807, 2.05) is 24.3 Å². The number of hydrogen-bond donors (Lipinski definition) is 1. The van der Waals surface area contributed by atoms with Crippen LogP contribution >= 0.6 is 23.2 Å². The molecule has 2 fully saturated rings. The molecule has 1 aliphatic heterocycles. The van der Waals surface area contributed by atoms with E-state index in [1.165, 1.54) is 12.8 Å². The third kappa shape index (κ3) is 6.48. The molecule has 1 N–H and O–H groups in total. The summed E-state index contributed by atoms with van der Waals surface area (Å²) in [6, 6.07) is 7.25. The largest absolute Gasteiger partial charge is 0.488 e. The molecule has 0 spiro atoms. The van der Waals surface area contributed by atoms with Crippen molar-refractivity contribution in [1.82, 2.24) is 0 Å². The van der Waals surface area contributed by atoms with E-state index in [2.05, 4.69) is 19.1 Å². The van der Waals surface area contributed by atoms with Crippen LogP contribution in [0.2, 0.25) is 5.02 Å². The van der Waals surface area contributed by atoms with Gasteiger partial charge in [0.25, 0.3) is 0 Å². The van der Waals surface area contributed by atoms with Crippen LogP contribution in [0.15, 0.2) is 48.6 Å². The number of ether oxygens (including phenoxy) is 3. The van der Waals surface area contributed by atoms with Crippen LogP contribution in [0.1, 0.15) is 39.0 Å². The normalized spacial score (nSPS) is 28.7. The van der Waals surface area contributed by atoms with Crippen LogP contribution in [0.3, 0.4) is 0 Å².